The lowest BCUT2D eigenvalue weighted by molar-refractivity contribution is 0.657. The second-order valence-corrected chi connectivity index (χ2v) is 10.6. The second kappa shape index (κ2) is 8.38. The first-order valence-corrected chi connectivity index (χ1v) is 13.3. The third kappa shape index (κ3) is 3.32. The maximum atomic E-state index is 6.23. The maximum Gasteiger partial charge on any atom is 0.182 e. The van der Waals surface area contributed by atoms with Crippen LogP contribution in [0.5, 0.6) is 0 Å². The van der Waals surface area contributed by atoms with Gasteiger partial charge in [-0.15, -0.1) is 0 Å². The highest BCUT2D eigenvalue weighted by Crippen LogP contribution is 2.53. The molecule has 0 bridgehead atoms. The number of fused-ring (bicyclic) bond motifs is 7. The first kappa shape index (κ1) is 22.7. The highest BCUT2D eigenvalue weighted by atomic mass is 16.3. The van der Waals surface area contributed by atoms with Crippen molar-refractivity contribution in [3.05, 3.63) is 115 Å². The summed E-state index contributed by atoms with van der Waals surface area (Å²) >= 11 is 0. The molecule has 0 amide bonds. The van der Waals surface area contributed by atoms with E-state index >= 15 is 0 Å². The molecule has 6 nitrogen and oxygen atoms in total. The van der Waals surface area contributed by atoms with Crippen molar-refractivity contribution in [2.24, 2.45) is 0 Å². The quantitative estimate of drug-likeness (QED) is 0.237. The molecular formula is C34H23N5O. The number of aromatic nitrogens is 5. The van der Waals surface area contributed by atoms with Gasteiger partial charge in [0, 0.05) is 34.1 Å². The van der Waals surface area contributed by atoms with Crippen molar-refractivity contribution in [3.8, 4) is 45.6 Å². The minimum atomic E-state index is -0.202. The molecule has 0 aliphatic heterocycles. The SMILES string of the molecule is CC1(C)c2ccc(-c3nc(-c4ccccn4)nc(-c4ccccn4)n3)cc2-c2ccc3oc4ccccc4c3c21. The highest BCUT2D eigenvalue weighted by Gasteiger charge is 2.38. The summed E-state index contributed by atoms with van der Waals surface area (Å²) in [6, 6.07) is 30.5. The summed E-state index contributed by atoms with van der Waals surface area (Å²) in [4.78, 5) is 23.5. The molecule has 0 unspecified atom stereocenters. The fraction of sp³-hybridized carbons (Fsp3) is 0.0882. The van der Waals surface area contributed by atoms with E-state index in [4.69, 9.17) is 19.4 Å². The van der Waals surface area contributed by atoms with Gasteiger partial charge < -0.3 is 4.42 Å². The molecule has 0 spiro atoms. The number of hydrogen-bond donors (Lipinski definition) is 0. The van der Waals surface area contributed by atoms with Gasteiger partial charge in [-0.2, -0.15) is 0 Å². The van der Waals surface area contributed by atoms with Crippen molar-refractivity contribution < 1.29 is 4.42 Å². The van der Waals surface area contributed by atoms with Crippen LogP contribution in [0.2, 0.25) is 0 Å². The van der Waals surface area contributed by atoms with Crippen LogP contribution in [0.15, 0.2) is 108 Å². The van der Waals surface area contributed by atoms with Crippen molar-refractivity contribution >= 4 is 21.9 Å². The Labute approximate surface area is 230 Å². The number of benzene rings is 3. The standard InChI is InChI=1S/C34H23N5O/c1-34(2)24-15-13-20(19-23(24)21-14-16-28-29(30(21)34)22-9-3-4-12-27(22)40-28)31-37-32(25-10-5-7-17-35-25)39-33(38-31)26-11-6-8-18-36-26/h3-19H,1-2H3. The van der Waals surface area contributed by atoms with Crippen LogP contribution in [-0.2, 0) is 5.41 Å². The molecule has 40 heavy (non-hydrogen) atoms. The van der Waals surface area contributed by atoms with E-state index in [0.717, 1.165) is 22.1 Å². The van der Waals surface area contributed by atoms with Gasteiger partial charge in [0.1, 0.15) is 22.6 Å². The van der Waals surface area contributed by atoms with Gasteiger partial charge in [0.05, 0.1) is 0 Å². The Hall–Kier alpha value is -5.23. The second-order valence-electron chi connectivity index (χ2n) is 10.6. The number of pyridine rings is 2. The van der Waals surface area contributed by atoms with E-state index < -0.39 is 0 Å². The largest absolute Gasteiger partial charge is 0.456 e. The Bertz CT molecular complexity index is 2020. The van der Waals surface area contributed by atoms with Crippen LogP contribution in [0.1, 0.15) is 25.0 Å². The Morgan fingerprint density at radius 1 is 0.600 bits per heavy atom. The Kier molecular flexibility index (Phi) is 4.76. The van der Waals surface area contributed by atoms with E-state index in [2.05, 4.69) is 66.3 Å². The summed E-state index contributed by atoms with van der Waals surface area (Å²) in [6.45, 7) is 4.58. The Morgan fingerprint density at radius 2 is 1.27 bits per heavy atom. The molecule has 0 atom stereocenters. The molecule has 4 aromatic heterocycles. The monoisotopic (exact) mass is 517 g/mol. The third-order valence-corrected chi connectivity index (χ3v) is 7.83. The summed E-state index contributed by atoms with van der Waals surface area (Å²) < 4.78 is 6.23. The molecule has 0 fully saturated rings. The minimum absolute atomic E-state index is 0.202. The van der Waals surface area contributed by atoms with Crippen LogP contribution >= 0.6 is 0 Å². The zero-order valence-electron chi connectivity index (χ0n) is 22.0. The number of furan rings is 1. The van der Waals surface area contributed by atoms with Crippen molar-refractivity contribution in [2.45, 2.75) is 19.3 Å². The molecule has 0 saturated carbocycles. The smallest absolute Gasteiger partial charge is 0.182 e. The average molecular weight is 518 g/mol. The molecule has 0 saturated heterocycles. The van der Waals surface area contributed by atoms with E-state index in [-0.39, 0.29) is 5.41 Å². The lowest BCUT2D eigenvalue weighted by Gasteiger charge is -2.22. The Balaban J connectivity index is 1.35. The molecular weight excluding hydrogens is 494 g/mol. The van der Waals surface area contributed by atoms with Crippen LogP contribution in [0.25, 0.3) is 67.5 Å². The van der Waals surface area contributed by atoms with E-state index in [9.17, 15) is 0 Å². The molecule has 7 aromatic rings. The molecule has 190 valence electrons. The van der Waals surface area contributed by atoms with Gasteiger partial charge in [-0.05, 0) is 64.7 Å². The summed E-state index contributed by atoms with van der Waals surface area (Å²) in [5, 5.41) is 2.33. The predicted molar refractivity (Wildman–Crippen MR) is 157 cm³/mol. The lowest BCUT2D eigenvalue weighted by atomic mass is 9.80. The van der Waals surface area contributed by atoms with Crippen LogP contribution in [0.3, 0.4) is 0 Å². The van der Waals surface area contributed by atoms with Crippen molar-refractivity contribution in [2.75, 3.05) is 0 Å². The minimum Gasteiger partial charge on any atom is -0.456 e. The first-order valence-electron chi connectivity index (χ1n) is 13.3. The zero-order chi connectivity index (χ0) is 26.8. The summed E-state index contributed by atoms with van der Waals surface area (Å²) in [5.41, 5.74) is 8.87. The first-order chi connectivity index (χ1) is 19.6. The van der Waals surface area contributed by atoms with Crippen LogP contribution in [0.4, 0.5) is 0 Å². The molecule has 6 heteroatoms. The van der Waals surface area contributed by atoms with E-state index in [1.807, 2.05) is 48.5 Å². The van der Waals surface area contributed by atoms with Gasteiger partial charge in [-0.25, -0.2) is 15.0 Å². The zero-order valence-corrected chi connectivity index (χ0v) is 22.0. The summed E-state index contributed by atoms with van der Waals surface area (Å²) in [6.07, 6.45) is 3.49. The van der Waals surface area contributed by atoms with Crippen LogP contribution in [0, 0.1) is 0 Å². The fourth-order valence-corrected chi connectivity index (χ4v) is 6.00. The molecule has 4 heterocycles. The van der Waals surface area contributed by atoms with Crippen molar-refractivity contribution in [1.29, 1.82) is 0 Å². The molecule has 1 aliphatic carbocycles. The molecule has 3 aromatic carbocycles. The van der Waals surface area contributed by atoms with Gasteiger partial charge in [0.2, 0.25) is 0 Å². The van der Waals surface area contributed by atoms with E-state index in [0.29, 0.717) is 28.9 Å². The van der Waals surface area contributed by atoms with Gasteiger partial charge >= 0.3 is 0 Å². The van der Waals surface area contributed by atoms with Gasteiger partial charge in [0.25, 0.3) is 0 Å². The maximum absolute atomic E-state index is 6.23. The fourth-order valence-electron chi connectivity index (χ4n) is 6.00. The van der Waals surface area contributed by atoms with Crippen molar-refractivity contribution in [1.82, 2.24) is 24.9 Å². The predicted octanol–water partition coefficient (Wildman–Crippen LogP) is 7.87. The number of nitrogens with zero attached hydrogens (tertiary/aromatic N) is 5. The summed E-state index contributed by atoms with van der Waals surface area (Å²) in [7, 11) is 0. The normalized spacial score (nSPS) is 13.4. The highest BCUT2D eigenvalue weighted by molar-refractivity contribution is 6.11. The number of para-hydroxylation sites is 1. The average Bonchev–Trinajstić information content (AvgIpc) is 3.49. The van der Waals surface area contributed by atoms with Gasteiger partial charge in [-0.1, -0.05) is 62.4 Å². The van der Waals surface area contributed by atoms with E-state index in [1.54, 1.807) is 12.4 Å². The van der Waals surface area contributed by atoms with E-state index in [1.165, 1.54) is 27.6 Å². The van der Waals surface area contributed by atoms with Crippen LogP contribution in [-0.4, -0.2) is 24.9 Å². The van der Waals surface area contributed by atoms with Crippen LogP contribution < -0.4 is 0 Å². The molecule has 0 radical (unpaired) electrons. The van der Waals surface area contributed by atoms with Gasteiger partial charge in [0.15, 0.2) is 17.5 Å². The van der Waals surface area contributed by atoms with Crippen molar-refractivity contribution in [3.63, 3.8) is 0 Å². The topological polar surface area (TPSA) is 77.6 Å². The molecule has 8 rings (SSSR count). The third-order valence-electron chi connectivity index (χ3n) is 7.83. The van der Waals surface area contributed by atoms with Gasteiger partial charge in [-0.3, -0.25) is 9.97 Å². The Morgan fingerprint density at radius 3 is 1.98 bits per heavy atom. The number of hydrogen-bond acceptors (Lipinski definition) is 6. The number of rotatable bonds is 3. The molecule has 1 aliphatic rings. The molecule has 0 N–H and O–H groups in total. The lowest BCUT2D eigenvalue weighted by Crippen LogP contribution is -2.15. The summed E-state index contributed by atoms with van der Waals surface area (Å²) in [5.74, 6) is 1.61.